The van der Waals surface area contributed by atoms with Gasteiger partial charge in [0.2, 0.25) is 11.8 Å². The zero-order valence-corrected chi connectivity index (χ0v) is 14.3. The molecule has 2 amide bonds. The second-order valence-corrected chi connectivity index (χ2v) is 5.46. The van der Waals surface area contributed by atoms with E-state index in [0.29, 0.717) is 17.1 Å². The number of amides is 2. The Labute approximate surface area is 149 Å². The van der Waals surface area contributed by atoms with Gasteiger partial charge in [-0.3, -0.25) is 9.59 Å². The summed E-state index contributed by atoms with van der Waals surface area (Å²) in [6.07, 6.45) is 0. The van der Waals surface area contributed by atoms with Crippen LogP contribution >= 0.6 is 0 Å². The zero-order valence-electron chi connectivity index (χ0n) is 14.3. The number of carbonyl (C=O) groups excluding carboxylic acids is 2. The predicted octanol–water partition coefficient (Wildman–Crippen LogP) is 3.61. The maximum absolute atomic E-state index is 12.1. The van der Waals surface area contributed by atoms with Crippen LogP contribution in [0.25, 0.3) is 0 Å². The number of benzene rings is 2. The minimum atomic E-state index is -2.89. The third-order valence-electron chi connectivity index (χ3n) is 3.45. The number of halogens is 2. The van der Waals surface area contributed by atoms with E-state index in [9.17, 15) is 18.4 Å². The molecule has 6 nitrogen and oxygen atoms in total. The molecule has 0 fully saturated rings. The molecule has 3 N–H and O–H groups in total. The fourth-order valence-electron chi connectivity index (χ4n) is 2.25. The first-order valence-electron chi connectivity index (χ1n) is 7.81. The Kier molecular flexibility index (Phi) is 6.48. The molecule has 0 aromatic heterocycles. The summed E-state index contributed by atoms with van der Waals surface area (Å²) >= 11 is 0. The lowest BCUT2D eigenvalue weighted by atomic mass is 10.1. The molecule has 0 atom stereocenters. The van der Waals surface area contributed by atoms with Crippen molar-refractivity contribution in [2.45, 2.75) is 20.5 Å². The highest BCUT2D eigenvalue weighted by Crippen LogP contribution is 2.23. The highest BCUT2D eigenvalue weighted by Gasteiger charge is 2.08. The number of nitrogens with one attached hydrogen (secondary N) is 3. The Hall–Kier alpha value is -3.16. The maximum atomic E-state index is 12.1. The van der Waals surface area contributed by atoms with Gasteiger partial charge in [-0.15, -0.1) is 0 Å². The Balaban J connectivity index is 1.92. The second-order valence-electron chi connectivity index (χ2n) is 5.46. The average molecular weight is 363 g/mol. The van der Waals surface area contributed by atoms with Gasteiger partial charge in [0.15, 0.2) is 0 Å². The lowest BCUT2D eigenvalue weighted by Gasteiger charge is -2.13. The number of rotatable bonds is 7. The molecule has 2 aromatic rings. The minimum Gasteiger partial charge on any atom is -0.435 e. The van der Waals surface area contributed by atoms with Crippen LogP contribution in [-0.4, -0.2) is 25.0 Å². The largest absolute Gasteiger partial charge is 0.435 e. The molecule has 0 aliphatic heterocycles. The van der Waals surface area contributed by atoms with Crippen LogP contribution in [0.5, 0.6) is 5.75 Å². The quantitative estimate of drug-likeness (QED) is 0.702. The summed E-state index contributed by atoms with van der Waals surface area (Å²) in [5.74, 6) is -0.472. The summed E-state index contributed by atoms with van der Waals surface area (Å²) in [6.45, 7) is 0.355. The van der Waals surface area contributed by atoms with Crippen LogP contribution in [0.1, 0.15) is 12.5 Å². The van der Waals surface area contributed by atoms with E-state index in [1.54, 1.807) is 18.2 Å². The lowest BCUT2D eigenvalue weighted by Crippen LogP contribution is -2.22. The fraction of sp³-hybridized carbons (Fsp3) is 0.222. The van der Waals surface area contributed by atoms with Gasteiger partial charge in [-0.25, -0.2) is 0 Å². The molecule has 0 heterocycles. The lowest BCUT2D eigenvalue weighted by molar-refractivity contribution is -0.115. The van der Waals surface area contributed by atoms with E-state index in [4.69, 9.17) is 0 Å². The number of carbonyl (C=O) groups is 2. The summed E-state index contributed by atoms with van der Waals surface area (Å²) in [4.78, 5) is 23.2. The van der Waals surface area contributed by atoms with Crippen molar-refractivity contribution in [1.82, 2.24) is 0 Å². The van der Waals surface area contributed by atoms with E-state index in [-0.39, 0.29) is 24.1 Å². The van der Waals surface area contributed by atoms with Gasteiger partial charge in [-0.05, 0) is 48.9 Å². The highest BCUT2D eigenvalue weighted by atomic mass is 19.3. The third kappa shape index (κ3) is 5.73. The molecule has 0 unspecified atom stereocenters. The van der Waals surface area contributed by atoms with Crippen LogP contribution in [0.15, 0.2) is 42.5 Å². The van der Waals surface area contributed by atoms with Crippen molar-refractivity contribution in [3.63, 3.8) is 0 Å². The van der Waals surface area contributed by atoms with Crippen molar-refractivity contribution in [2.24, 2.45) is 0 Å². The van der Waals surface area contributed by atoms with Gasteiger partial charge in [-0.2, -0.15) is 8.78 Å². The zero-order chi connectivity index (χ0) is 19.1. The molecule has 0 aliphatic carbocycles. The molecule has 0 saturated carbocycles. The standard InChI is InChI=1S/C18H19F2N3O3/c1-11-15(4-3-5-16(11)22-12(2)24)21-10-17(25)23-13-6-8-14(9-7-13)26-18(19)20/h3-9,18,21H,10H2,1-2H3,(H,22,24)(H,23,25). The van der Waals surface area contributed by atoms with E-state index >= 15 is 0 Å². The monoisotopic (exact) mass is 363 g/mol. The summed E-state index contributed by atoms with van der Waals surface area (Å²) < 4.78 is 28.4. The normalized spacial score (nSPS) is 10.3. The van der Waals surface area contributed by atoms with E-state index in [0.717, 1.165) is 5.56 Å². The molecule has 138 valence electrons. The maximum Gasteiger partial charge on any atom is 0.387 e. The van der Waals surface area contributed by atoms with Gasteiger partial charge in [0.25, 0.3) is 0 Å². The molecule has 0 aliphatic rings. The smallest absolute Gasteiger partial charge is 0.387 e. The number of ether oxygens (including phenoxy) is 1. The molecular weight excluding hydrogens is 344 g/mol. The third-order valence-corrected chi connectivity index (χ3v) is 3.45. The van der Waals surface area contributed by atoms with E-state index < -0.39 is 6.61 Å². The summed E-state index contributed by atoms with van der Waals surface area (Å²) in [7, 11) is 0. The molecule has 2 aromatic carbocycles. The number of anilines is 3. The van der Waals surface area contributed by atoms with Gasteiger partial charge < -0.3 is 20.7 Å². The van der Waals surface area contributed by atoms with Crippen molar-refractivity contribution in [1.29, 1.82) is 0 Å². The second kappa shape index (κ2) is 8.80. The first-order valence-corrected chi connectivity index (χ1v) is 7.81. The van der Waals surface area contributed by atoms with E-state index in [1.165, 1.54) is 31.2 Å². The van der Waals surface area contributed by atoms with Crippen LogP contribution in [0, 0.1) is 6.92 Å². The van der Waals surface area contributed by atoms with Crippen LogP contribution in [0.3, 0.4) is 0 Å². The van der Waals surface area contributed by atoms with Gasteiger partial charge >= 0.3 is 6.61 Å². The molecule has 8 heteroatoms. The molecular formula is C18H19F2N3O3. The van der Waals surface area contributed by atoms with Crippen molar-refractivity contribution >= 4 is 28.9 Å². The van der Waals surface area contributed by atoms with E-state index in [1.807, 2.05) is 6.92 Å². The van der Waals surface area contributed by atoms with Crippen LogP contribution in [0.2, 0.25) is 0 Å². The molecule has 0 radical (unpaired) electrons. The first-order chi connectivity index (χ1) is 12.3. The Morgan fingerprint density at radius 1 is 1.04 bits per heavy atom. The Morgan fingerprint density at radius 2 is 1.69 bits per heavy atom. The summed E-state index contributed by atoms with van der Waals surface area (Å²) in [5.41, 5.74) is 2.65. The molecule has 0 bridgehead atoms. The number of hydrogen-bond donors (Lipinski definition) is 3. The molecule has 26 heavy (non-hydrogen) atoms. The Morgan fingerprint density at radius 3 is 2.31 bits per heavy atom. The van der Waals surface area contributed by atoms with Gasteiger partial charge in [0.05, 0.1) is 6.54 Å². The molecule has 0 saturated heterocycles. The summed E-state index contributed by atoms with van der Waals surface area (Å²) in [6, 6.07) is 11.0. The highest BCUT2D eigenvalue weighted by molar-refractivity contribution is 5.94. The minimum absolute atomic E-state index is 0.000347. The van der Waals surface area contributed by atoms with Gasteiger partial charge in [-0.1, -0.05) is 6.07 Å². The predicted molar refractivity (Wildman–Crippen MR) is 95.7 cm³/mol. The van der Waals surface area contributed by atoms with E-state index in [2.05, 4.69) is 20.7 Å². The number of hydrogen-bond acceptors (Lipinski definition) is 4. The van der Waals surface area contributed by atoms with Crippen LogP contribution in [-0.2, 0) is 9.59 Å². The SMILES string of the molecule is CC(=O)Nc1cccc(NCC(=O)Nc2ccc(OC(F)F)cc2)c1C. The van der Waals surface area contributed by atoms with Crippen molar-refractivity contribution in [2.75, 3.05) is 22.5 Å². The fourth-order valence-corrected chi connectivity index (χ4v) is 2.25. The molecule has 0 spiro atoms. The van der Waals surface area contributed by atoms with Crippen LogP contribution < -0.4 is 20.7 Å². The van der Waals surface area contributed by atoms with Crippen LogP contribution in [0.4, 0.5) is 25.8 Å². The average Bonchev–Trinajstić information content (AvgIpc) is 2.56. The summed E-state index contributed by atoms with van der Waals surface area (Å²) in [5, 5.41) is 8.36. The topological polar surface area (TPSA) is 79.5 Å². The Bertz CT molecular complexity index is 780. The molecule has 2 rings (SSSR count). The van der Waals surface area contributed by atoms with Gasteiger partial charge in [0.1, 0.15) is 5.75 Å². The van der Waals surface area contributed by atoms with Crippen molar-refractivity contribution in [3.8, 4) is 5.75 Å². The first kappa shape index (κ1) is 19.2. The van der Waals surface area contributed by atoms with Gasteiger partial charge in [0, 0.05) is 24.0 Å². The van der Waals surface area contributed by atoms with Crippen molar-refractivity contribution < 1.29 is 23.1 Å². The van der Waals surface area contributed by atoms with Crippen molar-refractivity contribution in [3.05, 3.63) is 48.0 Å². The number of alkyl halides is 2.